The van der Waals surface area contributed by atoms with Gasteiger partial charge in [-0.15, -0.1) is 0 Å². The molecule has 0 bridgehead atoms. The Morgan fingerprint density at radius 2 is 1.76 bits per heavy atom. The summed E-state index contributed by atoms with van der Waals surface area (Å²) in [6.07, 6.45) is 4.13. The third kappa shape index (κ3) is 7.23. The summed E-state index contributed by atoms with van der Waals surface area (Å²) in [5.41, 5.74) is 1.64. The maximum atomic E-state index is 13.0. The van der Waals surface area contributed by atoms with Gasteiger partial charge in [0, 0.05) is 31.3 Å². The molecule has 2 aliphatic rings. The van der Waals surface area contributed by atoms with Gasteiger partial charge in [-0.3, -0.25) is 14.6 Å². The molecule has 2 aromatic carbocycles. The fourth-order valence-corrected chi connectivity index (χ4v) is 5.39. The predicted molar refractivity (Wildman–Crippen MR) is 143 cm³/mol. The highest BCUT2D eigenvalue weighted by Crippen LogP contribution is 2.27. The number of carboxylic acid groups (broad SMARTS) is 1. The molecule has 1 aliphatic carbocycles. The van der Waals surface area contributed by atoms with Crippen molar-refractivity contribution in [3.8, 4) is 0 Å². The van der Waals surface area contributed by atoms with E-state index >= 15 is 0 Å². The Kier molecular flexibility index (Phi) is 9.05. The highest BCUT2D eigenvalue weighted by atomic mass is 35.5. The number of carbonyl (C=O) groups excluding carboxylic acids is 2. The second kappa shape index (κ2) is 12.4. The van der Waals surface area contributed by atoms with E-state index in [0.717, 1.165) is 55.9 Å². The first-order valence-corrected chi connectivity index (χ1v) is 13.2. The van der Waals surface area contributed by atoms with E-state index in [-0.39, 0.29) is 39.8 Å². The maximum absolute atomic E-state index is 13.0. The maximum Gasteiger partial charge on any atom is 0.326 e. The van der Waals surface area contributed by atoms with Gasteiger partial charge >= 0.3 is 5.97 Å². The summed E-state index contributed by atoms with van der Waals surface area (Å²) in [4.78, 5) is 41.8. The van der Waals surface area contributed by atoms with Gasteiger partial charge in [0.2, 0.25) is 0 Å². The van der Waals surface area contributed by atoms with Crippen molar-refractivity contribution in [3.05, 3.63) is 69.2 Å². The van der Waals surface area contributed by atoms with Crippen molar-refractivity contribution >= 4 is 46.8 Å². The minimum atomic E-state index is -1.17. The van der Waals surface area contributed by atoms with Gasteiger partial charge in [-0.25, -0.2) is 4.79 Å². The molecule has 2 aromatic rings. The molecule has 8 nitrogen and oxygen atoms in total. The van der Waals surface area contributed by atoms with Gasteiger partial charge in [0.15, 0.2) is 5.96 Å². The normalized spacial score (nSPS) is 19.9. The van der Waals surface area contributed by atoms with Crippen LogP contribution in [0.5, 0.6) is 0 Å². The molecule has 10 heteroatoms. The van der Waals surface area contributed by atoms with E-state index in [4.69, 9.17) is 23.2 Å². The Labute approximate surface area is 225 Å². The van der Waals surface area contributed by atoms with Crippen LogP contribution in [-0.4, -0.2) is 53.9 Å². The number of carboxylic acids is 1. The monoisotopic (exact) mass is 544 g/mol. The number of benzene rings is 2. The summed E-state index contributed by atoms with van der Waals surface area (Å²) >= 11 is 12.2. The van der Waals surface area contributed by atoms with Gasteiger partial charge in [0.05, 0.1) is 22.2 Å². The van der Waals surface area contributed by atoms with Gasteiger partial charge in [-0.2, -0.15) is 0 Å². The van der Waals surface area contributed by atoms with Crippen molar-refractivity contribution in [1.29, 1.82) is 0 Å². The van der Waals surface area contributed by atoms with E-state index in [1.54, 1.807) is 18.2 Å². The summed E-state index contributed by atoms with van der Waals surface area (Å²) in [5, 5.41) is 19.1. The SMILES string of the molecule is O=C(N[C@@H](Cc1ccc(CC(=O)[C@H]2CCC[C@H](NC3=NCCN3)C2)cc1)C(=O)O)c1c(Cl)cccc1Cl. The fourth-order valence-electron chi connectivity index (χ4n) is 4.82. The third-order valence-corrected chi connectivity index (χ3v) is 7.41. The number of carbonyl (C=O) groups is 3. The number of hydrogen-bond acceptors (Lipinski definition) is 6. The largest absolute Gasteiger partial charge is 0.480 e. The number of Topliss-reactive ketones (excluding diaryl/α,β-unsaturated/α-hetero) is 1. The van der Waals surface area contributed by atoms with Crippen molar-refractivity contribution in [2.45, 2.75) is 50.6 Å². The molecule has 3 atom stereocenters. The minimum Gasteiger partial charge on any atom is -0.480 e. The zero-order valence-electron chi connectivity index (χ0n) is 20.3. The lowest BCUT2D eigenvalue weighted by molar-refractivity contribution is -0.139. The molecule has 1 heterocycles. The standard InChI is InChI=1S/C27H30Cl2N4O4/c28-20-5-2-6-21(29)24(20)25(35)33-22(26(36)37)13-16-7-9-17(10-8-16)14-23(34)18-3-1-4-19(15-18)32-27-30-11-12-31-27/h2,5-10,18-19,22H,1,3-4,11-15H2,(H,33,35)(H,36,37)(H2,30,31,32)/t18-,19-,22-/m0/s1. The first-order valence-electron chi connectivity index (χ1n) is 12.4. The second-order valence-corrected chi connectivity index (χ2v) is 10.3. The number of ketones is 1. The summed E-state index contributed by atoms with van der Waals surface area (Å²) in [6, 6.07) is 11.0. The smallest absolute Gasteiger partial charge is 0.326 e. The second-order valence-electron chi connectivity index (χ2n) is 9.49. The van der Waals surface area contributed by atoms with Crippen molar-refractivity contribution in [2.75, 3.05) is 13.1 Å². The highest BCUT2D eigenvalue weighted by Gasteiger charge is 2.28. The molecule has 0 radical (unpaired) electrons. The molecule has 1 saturated carbocycles. The molecule has 0 unspecified atom stereocenters. The summed E-state index contributed by atoms with van der Waals surface area (Å²) < 4.78 is 0. The van der Waals surface area contributed by atoms with Crippen LogP contribution >= 0.6 is 23.2 Å². The Hall–Kier alpha value is -3.10. The van der Waals surface area contributed by atoms with Crippen LogP contribution in [0.15, 0.2) is 47.5 Å². The number of guanidine groups is 1. The Balaban J connectivity index is 1.32. The first-order chi connectivity index (χ1) is 17.8. The van der Waals surface area contributed by atoms with E-state index in [2.05, 4.69) is 20.9 Å². The molecule has 37 heavy (non-hydrogen) atoms. The van der Waals surface area contributed by atoms with Crippen molar-refractivity contribution < 1.29 is 19.5 Å². The van der Waals surface area contributed by atoms with Gasteiger partial charge in [0.25, 0.3) is 5.91 Å². The van der Waals surface area contributed by atoms with Crippen LogP contribution in [0.2, 0.25) is 10.0 Å². The zero-order chi connectivity index (χ0) is 26.4. The first kappa shape index (κ1) is 26.9. The number of aliphatic carboxylic acids is 1. The fraction of sp³-hybridized carbons (Fsp3) is 0.407. The van der Waals surface area contributed by atoms with Crippen molar-refractivity contribution in [1.82, 2.24) is 16.0 Å². The molecule has 1 aliphatic heterocycles. The molecule has 196 valence electrons. The van der Waals surface area contributed by atoms with Crippen LogP contribution in [-0.2, 0) is 22.4 Å². The Morgan fingerprint density at radius 3 is 2.41 bits per heavy atom. The Bertz CT molecular complexity index is 1170. The van der Waals surface area contributed by atoms with Crippen molar-refractivity contribution in [2.24, 2.45) is 10.9 Å². The molecule has 0 spiro atoms. The third-order valence-electron chi connectivity index (χ3n) is 6.78. The summed E-state index contributed by atoms with van der Waals surface area (Å²) in [7, 11) is 0. The zero-order valence-corrected chi connectivity index (χ0v) is 21.8. The molecular formula is C27H30Cl2N4O4. The quantitative estimate of drug-likeness (QED) is 0.382. The lowest BCUT2D eigenvalue weighted by Crippen LogP contribution is -2.44. The van der Waals surface area contributed by atoms with E-state index in [0.29, 0.717) is 6.42 Å². The molecule has 4 rings (SSSR count). The number of amides is 1. The molecule has 1 amide bonds. The van der Waals surface area contributed by atoms with Crippen LogP contribution in [0.3, 0.4) is 0 Å². The molecule has 0 aromatic heterocycles. The average molecular weight is 545 g/mol. The van der Waals surface area contributed by atoms with E-state index in [9.17, 15) is 19.5 Å². The minimum absolute atomic E-state index is 0.0103. The number of aliphatic imine (C=N–C) groups is 1. The van der Waals surface area contributed by atoms with Crippen molar-refractivity contribution in [3.63, 3.8) is 0 Å². The van der Waals surface area contributed by atoms with Crippen LogP contribution in [0, 0.1) is 5.92 Å². The number of halogens is 2. The van der Waals surface area contributed by atoms with Gasteiger partial charge in [-0.1, -0.05) is 60.0 Å². The number of nitrogens with zero attached hydrogens (tertiary/aromatic N) is 1. The van der Waals surface area contributed by atoms with Crippen LogP contribution in [0.25, 0.3) is 0 Å². The molecule has 1 fully saturated rings. The highest BCUT2D eigenvalue weighted by molar-refractivity contribution is 6.39. The van der Waals surface area contributed by atoms with E-state index < -0.39 is 17.9 Å². The number of hydrogen-bond donors (Lipinski definition) is 4. The lowest BCUT2D eigenvalue weighted by Gasteiger charge is -2.29. The molecule has 4 N–H and O–H groups in total. The average Bonchev–Trinajstić information content (AvgIpc) is 3.38. The van der Waals surface area contributed by atoms with E-state index in [1.807, 2.05) is 12.1 Å². The van der Waals surface area contributed by atoms with Crippen LogP contribution < -0.4 is 16.0 Å². The molecular weight excluding hydrogens is 515 g/mol. The van der Waals surface area contributed by atoms with E-state index in [1.165, 1.54) is 12.1 Å². The van der Waals surface area contributed by atoms with Gasteiger partial charge in [-0.05, 0) is 42.5 Å². The summed E-state index contributed by atoms with van der Waals surface area (Å²) in [5.74, 6) is -0.764. The molecule has 0 saturated heterocycles. The predicted octanol–water partition coefficient (Wildman–Crippen LogP) is 3.64. The lowest BCUT2D eigenvalue weighted by atomic mass is 9.81. The number of nitrogens with one attached hydrogen (secondary N) is 3. The van der Waals surface area contributed by atoms with Crippen LogP contribution in [0.4, 0.5) is 0 Å². The van der Waals surface area contributed by atoms with Crippen LogP contribution in [0.1, 0.15) is 47.2 Å². The van der Waals surface area contributed by atoms with Gasteiger partial charge < -0.3 is 21.1 Å². The summed E-state index contributed by atoms with van der Waals surface area (Å²) in [6.45, 7) is 1.63. The van der Waals surface area contributed by atoms with Gasteiger partial charge in [0.1, 0.15) is 11.8 Å². The number of rotatable bonds is 9. The Morgan fingerprint density at radius 1 is 1.05 bits per heavy atom. The topological polar surface area (TPSA) is 120 Å².